The fraction of sp³-hybridized carbons (Fsp3) is 0.591. The Morgan fingerprint density at radius 1 is 1.06 bits per heavy atom. The quantitative estimate of drug-likeness (QED) is 0.219. The Morgan fingerprint density at radius 2 is 1.76 bits per heavy atom. The maximum atomic E-state index is 12.6. The molecule has 0 spiro atoms. The van der Waals surface area contributed by atoms with Crippen LogP contribution in [0.5, 0.6) is 5.75 Å². The van der Waals surface area contributed by atoms with E-state index in [9.17, 15) is 40.5 Å². The van der Waals surface area contributed by atoms with Gasteiger partial charge in [-0.15, -0.1) is 0 Å². The molecule has 188 valence electrons. The number of benzene rings is 1. The van der Waals surface area contributed by atoms with Crippen molar-refractivity contribution in [3.05, 3.63) is 42.2 Å². The van der Waals surface area contributed by atoms with E-state index < -0.39 is 79.7 Å². The fourth-order valence-electron chi connectivity index (χ4n) is 4.71. The van der Waals surface area contributed by atoms with Crippen molar-refractivity contribution >= 4 is 5.97 Å². The maximum Gasteiger partial charge on any atom is 0.338 e. The number of hydrogen-bond acceptors (Lipinski definition) is 12. The van der Waals surface area contributed by atoms with Crippen LogP contribution in [0.25, 0.3) is 0 Å². The van der Waals surface area contributed by atoms with Crippen molar-refractivity contribution in [2.45, 2.75) is 55.1 Å². The lowest BCUT2D eigenvalue weighted by Gasteiger charge is -2.43. The topological polar surface area (TPSA) is 196 Å². The molecule has 0 amide bonds. The summed E-state index contributed by atoms with van der Waals surface area (Å²) >= 11 is 0. The van der Waals surface area contributed by atoms with Crippen LogP contribution in [0.3, 0.4) is 0 Å². The van der Waals surface area contributed by atoms with Gasteiger partial charge in [-0.3, -0.25) is 0 Å². The van der Waals surface area contributed by atoms with E-state index in [0.717, 1.165) is 0 Å². The second-order valence-corrected chi connectivity index (χ2v) is 8.73. The number of phenols is 1. The summed E-state index contributed by atoms with van der Waals surface area (Å²) < 4.78 is 22.1. The molecule has 10 atom stereocenters. The number of ether oxygens (including phenoxy) is 4. The Morgan fingerprint density at radius 3 is 2.41 bits per heavy atom. The number of esters is 1. The summed E-state index contributed by atoms with van der Waals surface area (Å²) in [4.78, 5) is 12.6. The SMILES string of the molecule is O=C(O[C@@H]1C[C@@](O)(CO)[C@H]2[C@H](O[C@@H]3OC(CO)[C@H](O)C(O)[C@@H]3O)OC=C[C@H]21)c1ccc(O)cc1. The standard InChI is InChI=1S/C22H28O12/c23-8-14-16(26)17(27)18(28)21(33-14)34-20-15-12(5-6-31-20)13(7-22(15,30)9-24)32-19(29)10-1-3-11(25)4-2-10/h1-6,12-18,20-21,23-28,30H,7-9H2/t12-,13+,14?,15+,16-,17?,18-,20-,21-,22+/m0/s1. The highest BCUT2D eigenvalue weighted by atomic mass is 16.8. The van der Waals surface area contributed by atoms with E-state index in [0.29, 0.717) is 0 Å². The smallest absolute Gasteiger partial charge is 0.338 e. The minimum Gasteiger partial charge on any atom is -0.508 e. The van der Waals surface area contributed by atoms with Crippen LogP contribution in [0, 0.1) is 11.8 Å². The fourth-order valence-corrected chi connectivity index (χ4v) is 4.71. The molecule has 1 aliphatic carbocycles. The van der Waals surface area contributed by atoms with Crippen LogP contribution >= 0.6 is 0 Å². The summed E-state index contributed by atoms with van der Waals surface area (Å²) in [6.07, 6.45) is -7.19. The summed E-state index contributed by atoms with van der Waals surface area (Å²) in [6, 6.07) is 5.42. The zero-order chi connectivity index (χ0) is 24.6. The van der Waals surface area contributed by atoms with E-state index in [1.165, 1.54) is 30.5 Å². The van der Waals surface area contributed by atoms with Crippen molar-refractivity contribution in [1.29, 1.82) is 0 Å². The molecule has 0 radical (unpaired) electrons. The van der Waals surface area contributed by atoms with E-state index in [1.807, 2.05) is 0 Å². The molecule has 3 aliphatic rings. The van der Waals surface area contributed by atoms with Crippen molar-refractivity contribution in [2.24, 2.45) is 11.8 Å². The normalized spacial score (nSPS) is 41.5. The van der Waals surface area contributed by atoms with Crippen molar-refractivity contribution in [2.75, 3.05) is 13.2 Å². The molecule has 4 rings (SSSR count). The summed E-state index contributed by atoms with van der Waals surface area (Å²) in [5.74, 6) is -2.33. The first-order valence-corrected chi connectivity index (χ1v) is 10.8. The van der Waals surface area contributed by atoms with Crippen LogP contribution in [0.15, 0.2) is 36.6 Å². The second kappa shape index (κ2) is 9.76. The third kappa shape index (κ3) is 4.51. The Kier molecular flexibility index (Phi) is 7.12. The average Bonchev–Trinajstić information content (AvgIpc) is 3.12. The van der Waals surface area contributed by atoms with E-state index in [1.54, 1.807) is 6.08 Å². The molecule has 1 aromatic carbocycles. The van der Waals surface area contributed by atoms with Gasteiger partial charge in [-0.05, 0) is 30.3 Å². The molecule has 34 heavy (non-hydrogen) atoms. The molecule has 2 fully saturated rings. The van der Waals surface area contributed by atoms with E-state index in [4.69, 9.17) is 18.9 Å². The Balaban J connectivity index is 1.52. The molecule has 1 aromatic rings. The lowest BCUT2D eigenvalue weighted by atomic mass is 9.84. The summed E-state index contributed by atoms with van der Waals surface area (Å²) in [5.41, 5.74) is -1.62. The van der Waals surface area contributed by atoms with Crippen LogP contribution in [0.1, 0.15) is 16.8 Å². The number of fused-ring (bicyclic) bond motifs is 1. The molecular weight excluding hydrogens is 456 g/mol. The first-order chi connectivity index (χ1) is 16.2. The summed E-state index contributed by atoms with van der Waals surface area (Å²) in [7, 11) is 0. The molecule has 7 N–H and O–H groups in total. The van der Waals surface area contributed by atoms with Crippen LogP contribution in [0.2, 0.25) is 0 Å². The lowest BCUT2D eigenvalue weighted by molar-refractivity contribution is -0.347. The molecule has 12 heteroatoms. The largest absolute Gasteiger partial charge is 0.508 e. The van der Waals surface area contributed by atoms with Crippen molar-refractivity contribution < 1.29 is 59.5 Å². The molecule has 1 saturated heterocycles. The van der Waals surface area contributed by atoms with Crippen molar-refractivity contribution in [3.63, 3.8) is 0 Å². The first-order valence-electron chi connectivity index (χ1n) is 10.8. The number of hydrogen-bond donors (Lipinski definition) is 7. The van der Waals surface area contributed by atoms with Crippen LogP contribution in [-0.4, -0.2) is 104 Å². The highest BCUT2D eigenvalue weighted by Crippen LogP contribution is 2.48. The molecule has 2 unspecified atom stereocenters. The van der Waals surface area contributed by atoms with Gasteiger partial charge in [0.05, 0.1) is 31.0 Å². The third-order valence-corrected chi connectivity index (χ3v) is 6.58. The second-order valence-electron chi connectivity index (χ2n) is 8.73. The van der Waals surface area contributed by atoms with E-state index >= 15 is 0 Å². The van der Waals surface area contributed by atoms with Gasteiger partial charge in [0, 0.05) is 12.3 Å². The highest BCUT2D eigenvalue weighted by molar-refractivity contribution is 5.89. The molecule has 12 nitrogen and oxygen atoms in total. The Bertz CT molecular complexity index is 888. The van der Waals surface area contributed by atoms with Crippen LogP contribution in [-0.2, 0) is 18.9 Å². The molecule has 1 saturated carbocycles. The zero-order valence-electron chi connectivity index (χ0n) is 18.0. The maximum absolute atomic E-state index is 12.6. The summed E-state index contributed by atoms with van der Waals surface area (Å²) in [6.45, 7) is -1.37. The summed E-state index contributed by atoms with van der Waals surface area (Å²) in [5, 5.41) is 70.1. The Hall–Kier alpha value is -2.29. The molecule has 2 aliphatic heterocycles. The number of aromatic hydroxyl groups is 1. The van der Waals surface area contributed by atoms with E-state index in [-0.39, 0.29) is 17.7 Å². The number of phenolic OH excluding ortho intramolecular Hbond substituents is 1. The monoisotopic (exact) mass is 484 g/mol. The van der Waals surface area contributed by atoms with Crippen molar-refractivity contribution in [3.8, 4) is 5.75 Å². The van der Waals surface area contributed by atoms with Crippen LogP contribution in [0.4, 0.5) is 0 Å². The van der Waals surface area contributed by atoms with Gasteiger partial charge in [-0.1, -0.05) is 0 Å². The molecular formula is C22H28O12. The van der Waals surface area contributed by atoms with Crippen molar-refractivity contribution in [1.82, 2.24) is 0 Å². The van der Waals surface area contributed by atoms with Gasteiger partial charge >= 0.3 is 5.97 Å². The predicted molar refractivity (Wildman–Crippen MR) is 110 cm³/mol. The van der Waals surface area contributed by atoms with Gasteiger partial charge < -0.3 is 54.7 Å². The Labute approximate surface area is 194 Å². The van der Waals surface area contributed by atoms with Gasteiger partial charge in [0.2, 0.25) is 6.29 Å². The van der Waals surface area contributed by atoms with Gasteiger partial charge in [0.15, 0.2) is 6.29 Å². The van der Waals surface area contributed by atoms with Gasteiger partial charge in [0.25, 0.3) is 0 Å². The molecule has 0 aromatic heterocycles. The van der Waals surface area contributed by atoms with Crippen LogP contribution < -0.4 is 0 Å². The molecule has 0 bridgehead atoms. The predicted octanol–water partition coefficient (Wildman–Crippen LogP) is -2.04. The minimum atomic E-state index is -1.80. The third-order valence-electron chi connectivity index (χ3n) is 6.58. The first kappa shape index (κ1) is 24.8. The minimum absolute atomic E-state index is 0.0207. The lowest BCUT2D eigenvalue weighted by Crippen LogP contribution is -2.61. The number of carbonyl (C=O) groups is 1. The average molecular weight is 484 g/mol. The number of aliphatic hydroxyl groups is 6. The van der Waals surface area contributed by atoms with Gasteiger partial charge in [0.1, 0.15) is 41.9 Å². The number of rotatable bonds is 6. The number of aliphatic hydroxyl groups excluding tert-OH is 5. The van der Waals surface area contributed by atoms with Gasteiger partial charge in [-0.25, -0.2) is 4.79 Å². The van der Waals surface area contributed by atoms with Gasteiger partial charge in [-0.2, -0.15) is 0 Å². The number of carbonyl (C=O) groups excluding carboxylic acids is 1. The zero-order valence-corrected chi connectivity index (χ0v) is 18.0. The molecule has 2 heterocycles. The van der Waals surface area contributed by atoms with E-state index in [2.05, 4.69) is 0 Å². The highest BCUT2D eigenvalue weighted by Gasteiger charge is 2.59.